The van der Waals surface area contributed by atoms with Gasteiger partial charge in [0.25, 0.3) is 0 Å². The molecule has 3 aromatic rings. The van der Waals surface area contributed by atoms with Gasteiger partial charge in [0.05, 0.1) is 0 Å². The van der Waals surface area contributed by atoms with Gasteiger partial charge in [-0.15, -0.1) is 0 Å². The molecule has 108 valence electrons. The molecule has 0 spiro atoms. The van der Waals surface area contributed by atoms with Crippen molar-refractivity contribution in [2.75, 3.05) is 4.93 Å². The van der Waals surface area contributed by atoms with E-state index >= 15 is 0 Å². The van der Waals surface area contributed by atoms with Crippen LogP contribution in [-0.2, 0) is 0 Å². The third-order valence-corrected chi connectivity index (χ3v) is 2.00. The summed E-state index contributed by atoms with van der Waals surface area (Å²) in [4.78, 5) is 1.97. The second kappa shape index (κ2) is 21.5. The number of halogens is 1. The molecule has 0 N–H and O–H groups in total. The smallest absolute Gasteiger partial charge is 0 e. The minimum Gasteiger partial charge on any atom is -0.0901 e. The zero-order valence-electron chi connectivity index (χ0n) is 12.3. The molecule has 3 aromatic carbocycles. The summed E-state index contributed by atoms with van der Waals surface area (Å²) in [7, 11) is 0. The van der Waals surface area contributed by atoms with Crippen LogP contribution in [-0.4, -0.2) is 28.8 Å². The molecule has 0 atom stereocenters. The zero-order chi connectivity index (χ0) is 14.7. The van der Waals surface area contributed by atoms with Crippen LogP contribution in [0.1, 0.15) is 0 Å². The third-order valence-electron chi connectivity index (χ3n) is 2.00. The van der Waals surface area contributed by atoms with Gasteiger partial charge in [-0.1, -0.05) is 132 Å². The standard InChI is InChI=1S/3C6H6.CH3I.Sn/c3*1-2-4-6-5-3-1;1-2;/h3*1-6H;1H3;. The number of benzene rings is 3. The van der Waals surface area contributed by atoms with E-state index in [-0.39, 0.29) is 23.9 Å². The number of hydrogen-bond acceptors (Lipinski definition) is 0. The van der Waals surface area contributed by atoms with E-state index in [2.05, 4.69) is 22.6 Å². The van der Waals surface area contributed by atoms with Gasteiger partial charge >= 0.3 is 0 Å². The van der Waals surface area contributed by atoms with Crippen LogP contribution in [0.25, 0.3) is 0 Å². The third kappa shape index (κ3) is 19.2. The van der Waals surface area contributed by atoms with Gasteiger partial charge in [-0.3, -0.25) is 0 Å². The molecule has 21 heavy (non-hydrogen) atoms. The second-order valence-corrected chi connectivity index (χ2v) is 3.46. The molecule has 0 saturated heterocycles. The number of alkyl halides is 1. The van der Waals surface area contributed by atoms with E-state index in [1.165, 1.54) is 0 Å². The predicted octanol–water partition coefficient (Wildman–Crippen LogP) is 5.73. The van der Waals surface area contributed by atoms with Crippen LogP contribution in [0.5, 0.6) is 0 Å². The minimum atomic E-state index is 0. The predicted molar refractivity (Wildman–Crippen MR) is 105 cm³/mol. The van der Waals surface area contributed by atoms with E-state index in [1.807, 2.05) is 114 Å². The van der Waals surface area contributed by atoms with E-state index < -0.39 is 0 Å². The summed E-state index contributed by atoms with van der Waals surface area (Å²) in [6.45, 7) is 0. The van der Waals surface area contributed by atoms with Gasteiger partial charge in [0, 0.05) is 23.9 Å². The van der Waals surface area contributed by atoms with Crippen molar-refractivity contribution < 1.29 is 0 Å². The average Bonchev–Trinajstić information content (AvgIpc) is 2.62. The summed E-state index contributed by atoms with van der Waals surface area (Å²) in [6, 6.07) is 36.0. The Morgan fingerprint density at radius 3 is 0.381 bits per heavy atom. The van der Waals surface area contributed by atoms with Crippen LogP contribution in [0.15, 0.2) is 109 Å². The first-order chi connectivity index (χ1) is 10.0. The maximum Gasteiger partial charge on any atom is 0 e. The normalized spacial score (nSPS) is 7.14. The SMILES string of the molecule is CI.[Sn].c1ccccc1.c1ccccc1.c1ccccc1. The van der Waals surface area contributed by atoms with Gasteiger partial charge in [-0.2, -0.15) is 0 Å². The van der Waals surface area contributed by atoms with Crippen molar-refractivity contribution in [2.45, 2.75) is 0 Å². The fourth-order valence-electron chi connectivity index (χ4n) is 1.15. The van der Waals surface area contributed by atoms with Crippen molar-refractivity contribution in [3.8, 4) is 0 Å². The summed E-state index contributed by atoms with van der Waals surface area (Å²) in [5, 5.41) is 0. The topological polar surface area (TPSA) is 0 Å². The van der Waals surface area contributed by atoms with E-state index in [4.69, 9.17) is 0 Å². The molecule has 4 radical (unpaired) electrons. The molecule has 0 fully saturated rings. The fourth-order valence-corrected chi connectivity index (χ4v) is 1.15. The van der Waals surface area contributed by atoms with Crippen molar-refractivity contribution in [3.63, 3.8) is 0 Å². The summed E-state index contributed by atoms with van der Waals surface area (Å²) in [5.74, 6) is 0. The maximum absolute atomic E-state index is 2.15. The van der Waals surface area contributed by atoms with Crippen molar-refractivity contribution in [3.05, 3.63) is 109 Å². The molecular weight excluding hydrogens is 474 g/mol. The van der Waals surface area contributed by atoms with Crippen molar-refractivity contribution >= 4 is 46.5 Å². The zero-order valence-corrected chi connectivity index (χ0v) is 17.3. The Morgan fingerprint density at radius 2 is 0.333 bits per heavy atom. The first-order valence-electron chi connectivity index (χ1n) is 6.38. The molecule has 0 aliphatic carbocycles. The Morgan fingerprint density at radius 1 is 0.286 bits per heavy atom. The van der Waals surface area contributed by atoms with E-state index in [9.17, 15) is 0 Å². The first-order valence-corrected chi connectivity index (χ1v) is 8.54. The first kappa shape index (κ1) is 22.5. The van der Waals surface area contributed by atoms with E-state index in [0.29, 0.717) is 0 Å². The molecule has 0 bridgehead atoms. The van der Waals surface area contributed by atoms with Crippen LogP contribution >= 0.6 is 22.6 Å². The van der Waals surface area contributed by atoms with Gasteiger partial charge in [0.15, 0.2) is 0 Å². The van der Waals surface area contributed by atoms with E-state index in [1.54, 1.807) is 0 Å². The minimum absolute atomic E-state index is 0. The molecular formula is C19H21ISn. The van der Waals surface area contributed by atoms with Crippen LogP contribution in [0.3, 0.4) is 0 Å². The van der Waals surface area contributed by atoms with Gasteiger partial charge in [0.1, 0.15) is 0 Å². The molecule has 0 saturated carbocycles. The van der Waals surface area contributed by atoms with E-state index in [0.717, 1.165) is 0 Å². The summed E-state index contributed by atoms with van der Waals surface area (Å²) < 4.78 is 0. The van der Waals surface area contributed by atoms with Gasteiger partial charge in [-0.05, 0) is 4.93 Å². The molecule has 0 heterocycles. The van der Waals surface area contributed by atoms with Crippen LogP contribution < -0.4 is 0 Å². The quantitative estimate of drug-likeness (QED) is 0.213. The fraction of sp³-hybridized carbons (Fsp3) is 0.0526. The van der Waals surface area contributed by atoms with Crippen LogP contribution in [0, 0.1) is 0 Å². The monoisotopic (exact) mass is 496 g/mol. The molecule has 0 amide bonds. The molecule has 0 aliphatic heterocycles. The van der Waals surface area contributed by atoms with Crippen LogP contribution in [0.2, 0.25) is 0 Å². The Kier molecular flexibility index (Phi) is 23.0. The molecule has 0 nitrogen and oxygen atoms in total. The number of hydrogen-bond donors (Lipinski definition) is 0. The maximum atomic E-state index is 2.15. The van der Waals surface area contributed by atoms with Gasteiger partial charge < -0.3 is 0 Å². The van der Waals surface area contributed by atoms with Gasteiger partial charge in [0.2, 0.25) is 0 Å². The van der Waals surface area contributed by atoms with Crippen molar-refractivity contribution in [1.82, 2.24) is 0 Å². The van der Waals surface area contributed by atoms with Gasteiger partial charge in [-0.25, -0.2) is 0 Å². The molecule has 3 rings (SSSR count). The molecule has 0 aromatic heterocycles. The Balaban J connectivity index is 0. The molecule has 2 heteroatoms. The summed E-state index contributed by atoms with van der Waals surface area (Å²) in [5.41, 5.74) is 0. The Hall–Kier alpha value is -0.811. The van der Waals surface area contributed by atoms with Crippen molar-refractivity contribution in [2.24, 2.45) is 0 Å². The molecule has 0 unspecified atom stereocenters. The Labute approximate surface area is 159 Å². The largest absolute Gasteiger partial charge is 0.0901 e. The average molecular weight is 495 g/mol. The second-order valence-electron chi connectivity index (χ2n) is 3.46. The summed E-state index contributed by atoms with van der Waals surface area (Å²) in [6.07, 6.45) is 0. The Bertz CT molecular complexity index is 302. The summed E-state index contributed by atoms with van der Waals surface area (Å²) >= 11 is 2.15. The number of rotatable bonds is 0. The molecule has 0 aliphatic rings. The van der Waals surface area contributed by atoms with Crippen LogP contribution in [0.4, 0.5) is 0 Å². The van der Waals surface area contributed by atoms with Crippen molar-refractivity contribution in [1.29, 1.82) is 0 Å².